The molecule has 1 aromatic carbocycles. The summed E-state index contributed by atoms with van der Waals surface area (Å²) in [6.07, 6.45) is 0. The van der Waals surface area contributed by atoms with Crippen LogP contribution in [-0.2, 0) is 14.8 Å². The van der Waals surface area contributed by atoms with Crippen LogP contribution in [0.2, 0.25) is 0 Å². The fourth-order valence-electron chi connectivity index (χ4n) is 1.27. The van der Waals surface area contributed by atoms with Gasteiger partial charge in [0.05, 0.1) is 17.6 Å². The average Bonchev–Trinajstić information content (AvgIpc) is 2.37. The fraction of sp³-hybridized carbons (Fsp3) is 0.364. The predicted molar refractivity (Wildman–Crippen MR) is 73.9 cm³/mol. The standard InChI is InChI=1S/C11H16N2O4S.ClH/c1-8(7-12)13-18(15,16)10-5-3-9(4-6-10)11(14)17-2;/h3-6,8,13H,7,12H2,1-2H3;1H/t8-;/m1./s1. The van der Waals surface area contributed by atoms with E-state index in [1.54, 1.807) is 6.92 Å². The SMILES string of the molecule is COC(=O)c1ccc(S(=O)(=O)N[C@H](C)CN)cc1.Cl. The number of benzene rings is 1. The van der Waals surface area contributed by atoms with E-state index in [9.17, 15) is 13.2 Å². The van der Waals surface area contributed by atoms with Gasteiger partial charge in [-0.3, -0.25) is 0 Å². The third-order valence-electron chi connectivity index (χ3n) is 2.30. The molecule has 0 aliphatic carbocycles. The highest BCUT2D eigenvalue weighted by molar-refractivity contribution is 7.89. The van der Waals surface area contributed by atoms with E-state index in [1.165, 1.54) is 31.4 Å². The Morgan fingerprint density at radius 1 is 1.37 bits per heavy atom. The van der Waals surface area contributed by atoms with E-state index < -0.39 is 16.0 Å². The van der Waals surface area contributed by atoms with E-state index in [2.05, 4.69) is 9.46 Å². The summed E-state index contributed by atoms with van der Waals surface area (Å²) in [5, 5.41) is 0. The molecule has 0 unspecified atom stereocenters. The van der Waals surface area contributed by atoms with Gasteiger partial charge >= 0.3 is 5.97 Å². The van der Waals surface area contributed by atoms with Crippen LogP contribution < -0.4 is 10.5 Å². The van der Waals surface area contributed by atoms with Gasteiger partial charge in [-0.15, -0.1) is 12.4 Å². The van der Waals surface area contributed by atoms with Gasteiger partial charge in [-0.1, -0.05) is 0 Å². The minimum absolute atomic E-state index is 0. The van der Waals surface area contributed by atoms with Gasteiger partial charge in [0, 0.05) is 12.6 Å². The first kappa shape index (κ1) is 17.8. The van der Waals surface area contributed by atoms with Crippen LogP contribution in [0.3, 0.4) is 0 Å². The summed E-state index contributed by atoms with van der Waals surface area (Å²) in [5.74, 6) is -0.512. The molecule has 1 aromatic rings. The Balaban J connectivity index is 0.00000324. The second-order valence-corrected chi connectivity index (χ2v) is 5.49. The van der Waals surface area contributed by atoms with E-state index in [1.807, 2.05) is 0 Å². The molecule has 0 heterocycles. The van der Waals surface area contributed by atoms with Crippen molar-refractivity contribution in [1.82, 2.24) is 4.72 Å². The molecule has 0 aliphatic heterocycles. The van der Waals surface area contributed by atoms with Crippen LogP contribution in [0.25, 0.3) is 0 Å². The number of nitrogens with two attached hydrogens (primary N) is 1. The molecule has 19 heavy (non-hydrogen) atoms. The summed E-state index contributed by atoms with van der Waals surface area (Å²) in [4.78, 5) is 11.3. The highest BCUT2D eigenvalue weighted by Crippen LogP contribution is 2.11. The van der Waals surface area contributed by atoms with E-state index in [0.29, 0.717) is 5.56 Å². The Kier molecular flexibility index (Phi) is 6.99. The molecule has 0 radical (unpaired) electrons. The molecule has 1 rings (SSSR count). The maximum atomic E-state index is 11.9. The molecule has 0 aliphatic rings. The lowest BCUT2D eigenvalue weighted by atomic mass is 10.2. The number of ether oxygens (including phenoxy) is 1. The summed E-state index contributed by atoms with van der Waals surface area (Å²) >= 11 is 0. The number of hydrogen-bond donors (Lipinski definition) is 2. The minimum atomic E-state index is -3.60. The lowest BCUT2D eigenvalue weighted by Gasteiger charge is -2.12. The molecule has 108 valence electrons. The van der Waals surface area contributed by atoms with Gasteiger partial charge in [0.2, 0.25) is 10.0 Å². The third-order valence-corrected chi connectivity index (χ3v) is 3.90. The van der Waals surface area contributed by atoms with Crippen molar-refractivity contribution in [2.75, 3.05) is 13.7 Å². The number of sulfonamides is 1. The van der Waals surface area contributed by atoms with Gasteiger partial charge in [-0.05, 0) is 31.2 Å². The summed E-state index contributed by atoms with van der Waals surface area (Å²) < 4.78 is 30.7. The summed E-state index contributed by atoms with van der Waals surface area (Å²) in [6.45, 7) is 1.87. The molecular weight excluding hydrogens is 292 g/mol. The highest BCUT2D eigenvalue weighted by Gasteiger charge is 2.17. The zero-order valence-electron chi connectivity index (χ0n) is 10.6. The molecule has 1 atom stereocenters. The van der Waals surface area contributed by atoms with Crippen LogP contribution in [0.1, 0.15) is 17.3 Å². The third kappa shape index (κ3) is 4.79. The molecule has 8 heteroatoms. The molecule has 0 saturated carbocycles. The minimum Gasteiger partial charge on any atom is -0.465 e. The molecule has 6 nitrogen and oxygen atoms in total. The number of carbonyl (C=O) groups is 1. The predicted octanol–water partition coefficient (Wildman–Crippen LogP) is 0.520. The Hall–Kier alpha value is -1.15. The van der Waals surface area contributed by atoms with Gasteiger partial charge in [0.15, 0.2) is 0 Å². The Morgan fingerprint density at radius 2 is 1.89 bits per heavy atom. The van der Waals surface area contributed by atoms with E-state index in [0.717, 1.165) is 0 Å². The van der Waals surface area contributed by atoms with E-state index >= 15 is 0 Å². The molecule has 3 N–H and O–H groups in total. The molecule has 0 spiro atoms. The van der Waals surface area contributed by atoms with Crippen molar-refractivity contribution >= 4 is 28.4 Å². The molecule has 0 saturated heterocycles. The van der Waals surface area contributed by atoms with Gasteiger partial charge < -0.3 is 10.5 Å². The molecular formula is C11H17ClN2O4S. The van der Waals surface area contributed by atoms with Crippen molar-refractivity contribution in [3.05, 3.63) is 29.8 Å². The zero-order valence-corrected chi connectivity index (χ0v) is 12.3. The smallest absolute Gasteiger partial charge is 0.337 e. The van der Waals surface area contributed by atoms with Crippen molar-refractivity contribution in [1.29, 1.82) is 0 Å². The second-order valence-electron chi connectivity index (χ2n) is 3.77. The van der Waals surface area contributed by atoms with Crippen LogP contribution in [0.15, 0.2) is 29.2 Å². The monoisotopic (exact) mass is 308 g/mol. The topological polar surface area (TPSA) is 98.5 Å². The first-order valence-electron chi connectivity index (χ1n) is 5.31. The van der Waals surface area contributed by atoms with Crippen molar-refractivity contribution in [3.63, 3.8) is 0 Å². The lowest BCUT2D eigenvalue weighted by Crippen LogP contribution is -2.37. The van der Waals surface area contributed by atoms with Crippen LogP contribution in [0.5, 0.6) is 0 Å². The van der Waals surface area contributed by atoms with Gasteiger partial charge in [0.1, 0.15) is 0 Å². The Bertz CT molecular complexity index is 516. The number of rotatable bonds is 5. The Labute approximate surface area is 118 Å². The van der Waals surface area contributed by atoms with E-state index in [-0.39, 0.29) is 29.9 Å². The maximum Gasteiger partial charge on any atom is 0.337 e. The highest BCUT2D eigenvalue weighted by atomic mass is 35.5. The van der Waals surface area contributed by atoms with Gasteiger partial charge in [-0.25, -0.2) is 17.9 Å². The molecule has 0 amide bonds. The normalized spacial score (nSPS) is 12.4. The Morgan fingerprint density at radius 3 is 2.32 bits per heavy atom. The van der Waals surface area contributed by atoms with Gasteiger partial charge in [-0.2, -0.15) is 0 Å². The first-order valence-corrected chi connectivity index (χ1v) is 6.80. The molecule has 0 fully saturated rings. The van der Waals surface area contributed by atoms with Crippen LogP contribution in [-0.4, -0.2) is 34.1 Å². The van der Waals surface area contributed by atoms with Gasteiger partial charge in [0.25, 0.3) is 0 Å². The number of hydrogen-bond acceptors (Lipinski definition) is 5. The quantitative estimate of drug-likeness (QED) is 0.773. The maximum absolute atomic E-state index is 11.9. The fourth-order valence-corrected chi connectivity index (χ4v) is 2.53. The van der Waals surface area contributed by atoms with E-state index in [4.69, 9.17) is 5.73 Å². The van der Waals surface area contributed by atoms with Crippen LogP contribution in [0.4, 0.5) is 0 Å². The number of esters is 1. The number of carbonyl (C=O) groups excluding carboxylic acids is 1. The lowest BCUT2D eigenvalue weighted by molar-refractivity contribution is 0.0600. The molecule has 0 aromatic heterocycles. The average molecular weight is 309 g/mol. The summed E-state index contributed by atoms with van der Waals surface area (Å²) in [5.41, 5.74) is 5.65. The summed E-state index contributed by atoms with van der Waals surface area (Å²) in [6, 6.07) is 5.13. The van der Waals surface area contributed by atoms with Crippen molar-refractivity contribution in [3.8, 4) is 0 Å². The summed E-state index contributed by atoms with van der Waals surface area (Å²) in [7, 11) is -2.34. The second kappa shape index (κ2) is 7.44. The number of methoxy groups -OCH3 is 1. The van der Waals surface area contributed by atoms with Crippen molar-refractivity contribution in [2.45, 2.75) is 17.9 Å². The largest absolute Gasteiger partial charge is 0.465 e. The molecule has 0 bridgehead atoms. The van der Waals surface area contributed by atoms with Crippen molar-refractivity contribution in [2.24, 2.45) is 5.73 Å². The number of nitrogens with one attached hydrogen (secondary N) is 1. The van der Waals surface area contributed by atoms with Crippen molar-refractivity contribution < 1.29 is 17.9 Å². The van der Waals surface area contributed by atoms with Crippen LogP contribution in [0, 0.1) is 0 Å². The first-order chi connectivity index (χ1) is 8.40. The van der Waals surface area contributed by atoms with Crippen LogP contribution >= 0.6 is 12.4 Å². The zero-order chi connectivity index (χ0) is 13.8. The number of halogens is 1.